The van der Waals surface area contributed by atoms with Crippen LogP contribution in [0.3, 0.4) is 0 Å². The molecule has 0 bridgehead atoms. The molecule has 7 heteroatoms. The van der Waals surface area contributed by atoms with Crippen LogP contribution in [0.5, 0.6) is 0 Å². The third-order valence-corrected chi connectivity index (χ3v) is 4.13. The number of aliphatic carboxylic acids is 1. The number of halogens is 1. The number of quaternary nitrogens is 1. The molecule has 1 saturated heterocycles. The predicted octanol–water partition coefficient (Wildman–Crippen LogP) is 1.85. The number of rotatable bonds is 2. The van der Waals surface area contributed by atoms with E-state index in [4.69, 9.17) is 0 Å². The molecule has 1 aliphatic heterocycles. The first kappa shape index (κ1) is 15.4. The first-order valence-electron chi connectivity index (χ1n) is 6.61. The van der Waals surface area contributed by atoms with Crippen LogP contribution in [0.15, 0.2) is 18.3 Å². The zero-order valence-electron chi connectivity index (χ0n) is 12.5. The fourth-order valence-electron chi connectivity index (χ4n) is 2.86. The molecule has 1 fully saturated rings. The maximum absolute atomic E-state index is 13.1. The number of pyridine rings is 1. The summed E-state index contributed by atoms with van der Waals surface area (Å²) in [6, 6.07) is 1.43. The van der Waals surface area contributed by atoms with Gasteiger partial charge in [-0.1, -0.05) is 0 Å². The summed E-state index contributed by atoms with van der Waals surface area (Å²) >= 11 is 0. The van der Waals surface area contributed by atoms with Crippen molar-refractivity contribution in [3.63, 3.8) is 0 Å². The second-order valence-corrected chi connectivity index (χ2v) is 6.25. The van der Waals surface area contributed by atoms with Crippen molar-refractivity contribution in [3.05, 3.63) is 24.3 Å². The Balaban J connectivity index is 2.62. The van der Waals surface area contributed by atoms with Crippen molar-refractivity contribution < 1.29 is 19.1 Å². The van der Waals surface area contributed by atoms with Gasteiger partial charge in [-0.3, -0.25) is 4.90 Å². The molecular formula is C14H19FN3O3+. The highest BCUT2D eigenvalue weighted by atomic mass is 19.1. The lowest BCUT2D eigenvalue weighted by atomic mass is 10.00. The molecule has 21 heavy (non-hydrogen) atoms. The highest BCUT2D eigenvalue weighted by molar-refractivity contribution is 5.95. The van der Waals surface area contributed by atoms with Gasteiger partial charge < -0.3 is 5.11 Å². The number of hydrogen-bond donors (Lipinski definition) is 1. The van der Waals surface area contributed by atoms with Crippen LogP contribution in [0, 0.1) is 5.95 Å². The second kappa shape index (κ2) is 4.77. The summed E-state index contributed by atoms with van der Waals surface area (Å²) in [5.41, 5.74) is -0.0980. The number of amides is 2. The molecule has 1 aliphatic rings. The third-order valence-electron chi connectivity index (χ3n) is 4.13. The van der Waals surface area contributed by atoms with Crippen molar-refractivity contribution >= 4 is 17.7 Å². The number of hydrogen-bond acceptors (Lipinski definition) is 3. The zero-order chi connectivity index (χ0) is 16.0. The van der Waals surface area contributed by atoms with Gasteiger partial charge in [0.1, 0.15) is 12.1 Å². The molecule has 1 aromatic heterocycles. The van der Waals surface area contributed by atoms with Gasteiger partial charge in [-0.05, 0) is 26.8 Å². The standard InChI is InChI=1S/C14H18FN3O3/c1-14(2,3)18(9-5-6-11(15)16-7-9)8-10(12(19)20)17(4)13(18)21/h5-7,10H,8H2,1-4H3/p+1. The van der Waals surface area contributed by atoms with E-state index in [9.17, 15) is 19.1 Å². The van der Waals surface area contributed by atoms with Crippen LogP contribution >= 0.6 is 0 Å². The molecule has 6 nitrogen and oxygen atoms in total. The van der Waals surface area contributed by atoms with E-state index in [2.05, 4.69) is 4.98 Å². The van der Waals surface area contributed by atoms with Gasteiger partial charge >= 0.3 is 12.0 Å². The molecule has 2 rings (SSSR count). The molecule has 0 saturated carbocycles. The zero-order valence-corrected chi connectivity index (χ0v) is 12.5. The summed E-state index contributed by atoms with van der Waals surface area (Å²) in [4.78, 5) is 29.0. The molecule has 0 aromatic carbocycles. The van der Waals surface area contributed by atoms with Crippen LogP contribution in [-0.2, 0) is 4.79 Å². The van der Waals surface area contributed by atoms with Gasteiger partial charge in [0.15, 0.2) is 11.7 Å². The van der Waals surface area contributed by atoms with Gasteiger partial charge in [0, 0.05) is 13.1 Å². The van der Waals surface area contributed by atoms with Crippen molar-refractivity contribution in [2.24, 2.45) is 0 Å². The van der Waals surface area contributed by atoms with E-state index in [0.717, 1.165) is 0 Å². The number of carbonyl (C=O) groups excluding carboxylic acids is 1. The van der Waals surface area contributed by atoms with Gasteiger partial charge in [0.25, 0.3) is 0 Å². The van der Waals surface area contributed by atoms with E-state index in [1.807, 2.05) is 20.8 Å². The van der Waals surface area contributed by atoms with Crippen molar-refractivity contribution in [2.45, 2.75) is 32.4 Å². The van der Waals surface area contributed by atoms with E-state index in [0.29, 0.717) is 5.69 Å². The Morgan fingerprint density at radius 3 is 2.48 bits per heavy atom. The van der Waals surface area contributed by atoms with Gasteiger partial charge in [0.2, 0.25) is 5.95 Å². The average Bonchev–Trinajstić information content (AvgIpc) is 2.65. The van der Waals surface area contributed by atoms with E-state index < -0.39 is 23.5 Å². The number of carboxylic acids is 1. The Labute approximate surface area is 122 Å². The molecule has 1 N–H and O–H groups in total. The van der Waals surface area contributed by atoms with Gasteiger partial charge in [0.05, 0.1) is 6.20 Å². The summed E-state index contributed by atoms with van der Waals surface area (Å²) in [6.07, 6.45) is 1.30. The van der Waals surface area contributed by atoms with Crippen molar-refractivity contribution in [1.82, 2.24) is 14.4 Å². The van der Waals surface area contributed by atoms with Gasteiger partial charge in [-0.2, -0.15) is 4.39 Å². The number of aromatic nitrogens is 1. The highest BCUT2D eigenvalue weighted by Crippen LogP contribution is 2.39. The molecule has 2 amide bonds. The monoisotopic (exact) mass is 296 g/mol. The minimum atomic E-state index is -1.05. The lowest BCUT2D eigenvalue weighted by Crippen LogP contribution is -2.63. The Hall–Kier alpha value is -2.02. The van der Waals surface area contributed by atoms with Crippen LogP contribution in [0.25, 0.3) is 0 Å². The third kappa shape index (κ3) is 2.17. The van der Waals surface area contributed by atoms with Crippen LogP contribution in [-0.4, -0.2) is 52.2 Å². The molecule has 2 unspecified atom stereocenters. The lowest BCUT2D eigenvalue weighted by Gasteiger charge is -2.41. The minimum Gasteiger partial charge on any atom is -0.480 e. The number of nitrogens with zero attached hydrogens (tertiary/aromatic N) is 3. The molecule has 1 aromatic rings. The lowest BCUT2D eigenvalue weighted by molar-refractivity contribution is -0.140. The van der Waals surface area contributed by atoms with Crippen molar-refractivity contribution in [2.75, 3.05) is 13.6 Å². The quantitative estimate of drug-likeness (QED) is 0.668. The van der Waals surface area contributed by atoms with Gasteiger partial charge in [-0.25, -0.2) is 19.1 Å². The molecule has 0 spiro atoms. The Bertz CT molecular complexity index is 582. The summed E-state index contributed by atoms with van der Waals surface area (Å²) < 4.78 is 12.9. The topological polar surface area (TPSA) is 70.5 Å². The maximum atomic E-state index is 13.1. The molecule has 2 heterocycles. The van der Waals surface area contributed by atoms with Crippen LogP contribution in [0.1, 0.15) is 20.8 Å². The number of carbonyl (C=O) groups is 2. The number of carboxylic acid groups (broad SMARTS) is 1. The predicted molar refractivity (Wildman–Crippen MR) is 75.2 cm³/mol. The average molecular weight is 296 g/mol. The van der Waals surface area contributed by atoms with E-state index >= 15 is 0 Å². The van der Waals surface area contributed by atoms with Crippen LogP contribution < -0.4 is 4.48 Å². The van der Waals surface area contributed by atoms with E-state index in [-0.39, 0.29) is 17.1 Å². The van der Waals surface area contributed by atoms with E-state index in [1.165, 1.54) is 30.3 Å². The Morgan fingerprint density at radius 2 is 2.10 bits per heavy atom. The van der Waals surface area contributed by atoms with Crippen LogP contribution in [0.2, 0.25) is 0 Å². The molecular weight excluding hydrogens is 277 g/mol. The van der Waals surface area contributed by atoms with Crippen LogP contribution in [0.4, 0.5) is 14.9 Å². The van der Waals surface area contributed by atoms with Gasteiger partial charge in [-0.15, -0.1) is 0 Å². The fraction of sp³-hybridized carbons (Fsp3) is 0.500. The fourth-order valence-corrected chi connectivity index (χ4v) is 2.86. The van der Waals surface area contributed by atoms with Crippen molar-refractivity contribution in [3.8, 4) is 0 Å². The minimum absolute atomic E-state index is 0.0848. The molecule has 0 radical (unpaired) electrons. The second-order valence-electron chi connectivity index (χ2n) is 6.25. The normalized spacial score (nSPS) is 26.2. The van der Waals surface area contributed by atoms with Crippen molar-refractivity contribution in [1.29, 1.82) is 0 Å². The largest absolute Gasteiger partial charge is 0.480 e. The summed E-state index contributed by atoms with van der Waals surface area (Å²) in [5, 5.41) is 9.31. The summed E-state index contributed by atoms with van der Waals surface area (Å²) in [5.74, 6) is -1.69. The SMILES string of the molecule is CN1C(=O)[N+](c2ccc(F)nc2)(C(C)(C)C)CC1C(=O)O. The first-order valence-corrected chi connectivity index (χ1v) is 6.61. The number of urea groups is 1. The molecule has 0 aliphatic carbocycles. The smallest absolute Gasteiger partial charge is 0.425 e. The highest BCUT2D eigenvalue weighted by Gasteiger charge is 2.60. The Morgan fingerprint density at radius 1 is 1.48 bits per heavy atom. The summed E-state index contributed by atoms with van der Waals surface area (Å²) in [6.45, 7) is 5.65. The Kier molecular flexibility index (Phi) is 3.49. The summed E-state index contributed by atoms with van der Waals surface area (Å²) in [7, 11) is 1.48. The maximum Gasteiger partial charge on any atom is 0.425 e. The number of likely N-dealkylation sites (N-methyl/N-ethyl adjacent to an activating group) is 1. The van der Waals surface area contributed by atoms with E-state index in [1.54, 1.807) is 0 Å². The first-order chi connectivity index (χ1) is 9.61. The molecule has 2 atom stereocenters. The molecule has 114 valence electrons.